The zero-order valence-corrected chi connectivity index (χ0v) is 7.99. The number of hydrogen-bond donors (Lipinski definition) is 2. The van der Waals surface area contributed by atoms with Gasteiger partial charge in [0.1, 0.15) is 0 Å². The lowest BCUT2D eigenvalue weighted by Gasteiger charge is -2.49. The van der Waals surface area contributed by atoms with Gasteiger partial charge in [-0.1, -0.05) is 0 Å². The van der Waals surface area contributed by atoms with Crippen LogP contribution in [0.4, 0.5) is 0 Å². The molecule has 0 saturated carbocycles. The maximum Gasteiger partial charge on any atom is 0.217 e. The first kappa shape index (κ1) is 8.97. The quantitative estimate of drug-likeness (QED) is 0.576. The minimum Gasteiger partial charge on any atom is -0.350 e. The number of nitrogens with two attached hydrogens (primary N) is 1. The van der Waals surface area contributed by atoms with Crippen molar-refractivity contribution in [3.05, 3.63) is 0 Å². The van der Waals surface area contributed by atoms with E-state index in [1.54, 1.807) is 6.92 Å². The second kappa shape index (κ2) is 3.27. The Kier molecular flexibility index (Phi) is 2.26. The van der Waals surface area contributed by atoms with Crippen molar-refractivity contribution in [2.75, 3.05) is 13.1 Å². The molecule has 3 heterocycles. The van der Waals surface area contributed by atoms with Crippen LogP contribution in [0.2, 0.25) is 0 Å². The van der Waals surface area contributed by atoms with Crippen molar-refractivity contribution in [1.82, 2.24) is 10.2 Å². The Morgan fingerprint density at radius 3 is 2.54 bits per heavy atom. The van der Waals surface area contributed by atoms with Gasteiger partial charge in [0.25, 0.3) is 0 Å². The minimum atomic E-state index is 0.0363. The lowest BCUT2D eigenvalue weighted by molar-refractivity contribution is -0.122. The predicted octanol–water partition coefficient (Wildman–Crippen LogP) is -0.498. The normalized spacial score (nSPS) is 43.2. The highest BCUT2D eigenvalue weighted by atomic mass is 16.1. The summed E-state index contributed by atoms with van der Waals surface area (Å²) in [7, 11) is 0. The van der Waals surface area contributed by atoms with Gasteiger partial charge in [0, 0.05) is 20.0 Å². The van der Waals surface area contributed by atoms with Gasteiger partial charge < -0.3 is 11.1 Å². The average molecular weight is 183 g/mol. The van der Waals surface area contributed by atoms with Crippen molar-refractivity contribution in [3.63, 3.8) is 0 Å². The molecule has 3 saturated heterocycles. The molecule has 4 heteroatoms. The van der Waals surface area contributed by atoms with Crippen LogP contribution in [0.15, 0.2) is 0 Å². The fourth-order valence-corrected chi connectivity index (χ4v) is 2.52. The van der Waals surface area contributed by atoms with Crippen molar-refractivity contribution in [2.24, 2.45) is 11.7 Å². The molecule has 3 aliphatic heterocycles. The van der Waals surface area contributed by atoms with Crippen LogP contribution in [0, 0.1) is 5.92 Å². The Hall–Kier alpha value is -0.610. The first-order valence-electron chi connectivity index (χ1n) is 4.95. The molecule has 13 heavy (non-hydrogen) atoms. The largest absolute Gasteiger partial charge is 0.350 e. The zero-order chi connectivity index (χ0) is 9.42. The van der Waals surface area contributed by atoms with Gasteiger partial charge in [0.05, 0.1) is 12.2 Å². The van der Waals surface area contributed by atoms with Crippen molar-refractivity contribution in [1.29, 1.82) is 0 Å². The van der Waals surface area contributed by atoms with Crippen LogP contribution in [0.1, 0.15) is 19.8 Å². The molecule has 2 bridgehead atoms. The summed E-state index contributed by atoms with van der Waals surface area (Å²) >= 11 is 0. The molecule has 0 radical (unpaired) electrons. The molecule has 74 valence electrons. The van der Waals surface area contributed by atoms with E-state index in [1.165, 1.54) is 12.8 Å². The Morgan fingerprint density at radius 2 is 2.08 bits per heavy atom. The van der Waals surface area contributed by atoms with Crippen molar-refractivity contribution < 1.29 is 4.79 Å². The highest BCUT2D eigenvalue weighted by Crippen LogP contribution is 2.29. The third kappa shape index (κ3) is 1.56. The molecule has 0 aromatic rings. The number of nitrogens with zero attached hydrogens (tertiary/aromatic N) is 1. The van der Waals surface area contributed by atoms with Crippen LogP contribution in [0.5, 0.6) is 0 Å². The number of fused-ring (bicyclic) bond motifs is 3. The van der Waals surface area contributed by atoms with Crippen LogP contribution < -0.4 is 11.1 Å². The molecular weight excluding hydrogens is 166 g/mol. The zero-order valence-electron chi connectivity index (χ0n) is 7.99. The molecule has 3 fully saturated rings. The first-order chi connectivity index (χ1) is 6.18. The molecule has 0 spiro atoms. The fraction of sp³-hybridized carbons (Fsp3) is 0.889. The Morgan fingerprint density at radius 1 is 1.46 bits per heavy atom. The molecule has 3 rings (SSSR count). The molecule has 2 atom stereocenters. The third-order valence-electron chi connectivity index (χ3n) is 3.24. The number of carbonyl (C=O) groups is 1. The number of nitrogens with one attached hydrogen (secondary N) is 1. The second-order valence-electron chi connectivity index (χ2n) is 4.09. The highest BCUT2D eigenvalue weighted by molar-refractivity contribution is 5.73. The summed E-state index contributed by atoms with van der Waals surface area (Å²) in [4.78, 5) is 13.2. The van der Waals surface area contributed by atoms with Crippen LogP contribution >= 0.6 is 0 Å². The van der Waals surface area contributed by atoms with E-state index in [0.717, 1.165) is 13.1 Å². The molecule has 1 amide bonds. The van der Waals surface area contributed by atoms with E-state index < -0.39 is 0 Å². The van der Waals surface area contributed by atoms with Gasteiger partial charge in [-0.15, -0.1) is 0 Å². The van der Waals surface area contributed by atoms with Crippen LogP contribution in [0.3, 0.4) is 0 Å². The summed E-state index contributed by atoms with van der Waals surface area (Å²) in [6, 6.07) is 0.181. The Bertz CT molecular complexity index is 209. The fourth-order valence-electron chi connectivity index (χ4n) is 2.52. The summed E-state index contributed by atoms with van der Waals surface area (Å²) in [6.45, 7) is 3.76. The summed E-state index contributed by atoms with van der Waals surface area (Å²) in [5.41, 5.74) is 6.02. The second-order valence-corrected chi connectivity index (χ2v) is 4.09. The lowest BCUT2D eigenvalue weighted by Crippen LogP contribution is -2.66. The molecule has 0 aromatic heterocycles. The molecule has 3 N–H and O–H groups in total. The third-order valence-corrected chi connectivity index (χ3v) is 3.24. The SMILES string of the molecule is CC(=O)NC1C2CCN(CC2)[C@H]1N. The molecule has 0 aromatic carbocycles. The molecule has 3 aliphatic rings. The maximum absolute atomic E-state index is 10.9. The van der Waals surface area contributed by atoms with Gasteiger partial charge in [-0.2, -0.15) is 0 Å². The van der Waals surface area contributed by atoms with Gasteiger partial charge in [0.15, 0.2) is 0 Å². The number of amides is 1. The van der Waals surface area contributed by atoms with Crippen LogP contribution in [0.25, 0.3) is 0 Å². The van der Waals surface area contributed by atoms with Crippen LogP contribution in [-0.4, -0.2) is 36.1 Å². The summed E-state index contributed by atoms with van der Waals surface area (Å²) in [5.74, 6) is 0.637. The topological polar surface area (TPSA) is 58.4 Å². The standard InChI is InChI=1S/C9H17N3O/c1-6(13)11-8-7-2-4-12(5-3-7)9(8)10/h7-9H,2-5,10H2,1H3,(H,11,13)/t8?,9-/m1/s1. The predicted molar refractivity (Wildman–Crippen MR) is 49.9 cm³/mol. The van der Waals surface area contributed by atoms with Crippen molar-refractivity contribution >= 4 is 5.91 Å². The maximum atomic E-state index is 10.9. The molecule has 4 nitrogen and oxygen atoms in total. The van der Waals surface area contributed by atoms with E-state index >= 15 is 0 Å². The number of rotatable bonds is 1. The Labute approximate surface area is 78.5 Å². The van der Waals surface area contributed by atoms with Gasteiger partial charge in [0.2, 0.25) is 5.91 Å². The van der Waals surface area contributed by atoms with Gasteiger partial charge in [-0.25, -0.2) is 0 Å². The van der Waals surface area contributed by atoms with E-state index in [1.807, 2.05) is 0 Å². The molecule has 0 aliphatic carbocycles. The van der Waals surface area contributed by atoms with Crippen molar-refractivity contribution in [2.45, 2.75) is 32.0 Å². The van der Waals surface area contributed by atoms with Gasteiger partial charge >= 0.3 is 0 Å². The first-order valence-corrected chi connectivity index (χ1v) is 4.95. The molecular formula is C9H17N3O. The van der Waals surface area contributed by atoms with Gasteiger partial charge in [-0.3, -0.25) is 9.69 Å². The summed E-state index contributed by atoms with van der Waals surface area (Å²) in [6.07, 6.45) is 2.40. The lowest BCUT2D eigenvalue weighted by atomic mass is 9.82. The summed E-state index contributed by atoms with van der Waals surface area (Å²) < 4.78 is 0. The van der Waals surface area contributed by atoms with E-state index in [9.17, 15) is 4.79 Å². The van der Waals surface area contributed by atoms with E-state index in [2.05, 4.69) is 10.2 Å². The van der Waals surface area contributed by atoms with Crippen molar-refractivity contribution in [3.8, 4) is 0 Å². The van der Waals surface area contributed by atoms with E-state index in [-0.39, 0.29) is 18.1 Å². The monoisotopic (exact) mass is 183 g/mol. The van der Waals surface area contributed by atoms with E-state index in [4.69, 9.17) is 5.73 Å². The average Bonchev–Trinajstić information content (AvgIpc) is 2.11. The van der Waals surface area contributed by atoms with Crippen LogP contribution in [-0.2, 0) is 4.79 Å². The number of piperidine rings is 3. The summed E-state index contributed by atoms with van der Waals surface area (Å²) in [5, 5.41) is 2.96. The smallest absolute Gasteiger partial charge is 0.217 e. The van der Waals surface area contributed by atoms with E-state index in [0.29, 0.717) is 5.92 Å². The minimum absolute atomic E-state index is 0.0363. The Balaban J connectivity index is 2.05. The highest BCUT2D eigenvalue weighted by Gasteiger charge is 2.40. The molecule has 1 unspecified atom stereocenters. The van der Waals surface area contributed by atoms with Gasteiger partial charge in [-0.05, 0) is 18.8 Å². The number of hydrogen-bond acceptors (Lipinski definition) is 3. The number of carbonyl (C=O) groups excluding carboxylic acids is 1.